The van der Waals surface area contributed by atoms with E-state index in [0.29, 0.717) is 17.3 Å². The van der Waals surface area contributed by atoms with Crippen LogP contribution in [0.25, 0.3) is 0 Å². The van der Waals surface area contributed by atoms with Crippen LogP contribution in [0.5, 0.6) is 11.5 Å². The van der Waals surface area contributed by atoms with Gasteiger partial charge in [-0.2, -0.15) is 5.10 Å². The molecule has 0 spiro atoms. The standard InChI is InChI=1S/C18H18ClN3O4S/c1-25-14-7-8-17(16(11-14)26-2)27(23,24)21-18-9-10-22(20-18)12-13-5-3-4-6-15(13)19/h3-11H,12H2,1-2H3,(H,20,21). The lowest BCUT2D eigenvalue weighted by molar-refractivity contribution is 0.386. The number of nitrogens with one attached hydrogen (secondary N) is 1. The Balaban J connectivity index is 1.81. The molecule has 0 amide bonds. The van der Waals surface area contributed by atoms with Crippen LogP contribution in [0.3, 0.4) is 0 Å². The summed E-state index contributed by atoms with van der Waals surface area (Å²) < 4.78 is 39.7. The maximum atomic E-state index is 12.7. The van der Waals surface area contributed by atoms with Crippen molar-refractivity contribution in [3.63, 3.8) is 0 Å². The topological polar surface area (TPSA) is 82.5 Å². The summed E-state index contributed by atoms with van der Waals surface area (Å²) in [4.78, 5) is -0.00791. The molecule has 0 radical (unpaired) electrons. The number of sulfonamides is 1. The molecule has 7 nitrogen and oxygen atoms in total. The first-order valence-electron chi connectivity index (χ1n) is 7.94. The SMILES string of the molecule is COc1ccc(S(=O)(=O)Nc2ccn(Cc3ccccc3Cl)n2)c(OC)c1. The molecular formula is C18H18ClN3O4S. The second-order valence-corrected chi connectivity index (χ2v) is 7.67. The Labute approximate surface area is 162 Å². The first-order chi connectivity index (χ1) is 12.9. The summed E-state index contributed by atoms with van der Waals surface area (Å²) in [6.45, 7) is 0.424. The Bertz CT molecular complexity index is 1050. The van der Waals surface area contributed by atoms with E-state index in [4.69, 9.17) is 21.1 Å². The van der Waals surface area contributed by atoms with Gasteiger partial charge in [0.05, 0.1) is 20.8 Å². The van der Waals surface area contributed by atoms with E-state index < -0.39 is 10.0 Å². The lowest BCUT2D eigenvalue weighted by atomic mass is 10.2. The summed E-state index contributed by atoms with van der Waals surface area (Å²) in [5, 5.41) is 4.87. The van der Waals surface area contributed by atoms with Gasteiger partial charge < -0.3 is 9.47 Å². The van der Waals surface area contributed by atoms with Gasteiger partial charge in [-0.1, -0.05) is 29.8 Å². The Morgan fingerprint density at radius 3 is 2.59 bits per heavy atom. The largest absolute Gasteiger partial charge is 0.497 e. The van der Waals surface area contributed by atoms with Gasteiger partial charge in [0.2, 0.25) is 0 Å². The Morgan fingerprint density at radius 1 is 1.11 bits per heavy atom. The summed E-state index contributed by atoms with van der Waals surface area (Å²) >= 11 is 6.15. The average Bonchev–Trinajstić information content (AvgIpc) is 3.09. The molecule has 0 fully saturated rings. The van der Waals surface area contributed by atoms with Crippen molar-refractivity contribution in [2.45, 2.75) is 11.4 Å². The number of rotatable bonds is 7. The van der Waals surface area contributed by atoms with Gasteiger partial charge in [-0.3, -0.25) is 9.40 Å². The van der Waals surface area contributed by atoms with E-state index in [1.165, 1.54) is 26.4 Å². The molecule has 1 heterocycles. The highest BCUT2D eigenvalue weighted by molar-refractivity contribution is 7.92. The molecule has 27 heavy (non-hydrogen) atoms. The normalized spacial score (nSPS) is 11.2. The predicted molar refractivity (Wildman–Crippen MR) is 103 cm³/mol. The number of nitrogens with zero attached hydrogens (tertiary/aromatic N) is 2. The van der Waals surface area contributed by atoms with Crippen molar-refractivity contribution in [3.05, 3.63) is 65.3 Å². The molecule has 3 rings (SSSR count). The molecule has 142 valence electrons. The molecule has 9 heteroatoms. The molecule has 3 aromatic rings. The molecule has 2 aromatic carbocycles. The van der Waals surface area contributed by atoms with E-state index in [-0.39, 0.29) is 16.5 Å². The number of hydrogen-bond donors (Lipinski definition) is 1. The van der Waals surface area contributed by atoms with Crippen LogP contribution in [-0.4, -0.2) is 32.4 Å². The number of benzene rings is 2. The fourth-order valence-electron chi connectivity index (χ4n) is 2.49. The number of anilines is 1. The van der Waals surface area contributed by atoms with Crippen LogP contribution in [0.15, 0.2) is 59.6 Å². The highest BCUT2D eigenvalue weighted by Gasteiger charge is 2.21. The summed E-state index contributed by atoms with van der Waals surface area (Å²) in [7, 11) is -0.993. The molecule has 0 unspecified atom stereocenters. The molecule has 0 aliphatic carbocycles. The Hall–Kier alpha value is -2.71. The van der Waals surface area contributed by atoms with Crippen LogP contribution in [0.2, 0.25) is 5.02 Å². The summed E-state index contributed by atoms with van der Waals surface area (Å²) in [5.74, 6) is 0.868. The number of methoxy groups -OCH3 is 2. The highest BCUT2D eigenvalue weighted by atomic mass is 35.5. The average molecular weight is 408 g/mol. The van der Waals surface area contributed by atoms with E-state index in [1.807, 2.05) is 18.2 Å². The maximum absolute atomic E-state index is 12.7. The van der Waals surface area contributed by atoms with Gasteiger partial charge in [0, 0.05) is 23.4 Å². The van der Waals surface area contributed by atoms with E-state index in [9.17, 15) is 8.42 Å². The zero-order valence-electron chi connectivity index (χ0n) is 14.7. The smallest absolute Gasteiger partial charge is 0.266 e. The van der Waals surface area contributed by atoms with Crippen molar-refractivity contribution in [1.82, 2.24) is 9.78 Å². The third kappa shape index (κ3) is 4.35. The minimum atomic E-state index is -3.88. The number of ether oxygens (including phenoxy) is 2. The van der Waals surface area contributed by atoms with Crippen LogP contribution < -0.4 is 14.2 Å². The minimum absolute atomic E-state index is 0.00791. The van der Waals surface area contributed by atoms with Gasteiger partial charge in [-0.15, -0.1) is 0 Å². The van der Waals surface area contributed by atoms with E-state index in [2.05, 4.69) is 9.82 Å². The van der Waals surface area contributed by atoms with Crippen LogP contribution in [0.1, 0.15) is 5.56 Å². The van der Waals surface area contributed by atoms with Crippen molar-refractivity contribution < 1.29 is 17.9 Å². The molecule has 0 saturated heterocycles. The van der Waals surface area contributed by atoms with Crippen LogP contribution in [-0.2, 0) is 16.6 Å². The van der Waals surface area contributed by atoms with Crippen LogP contribution in [0.4, 0.5) is 5.82 Å². The van der Waals surface area contributed by atoms with Gasteiger partial charge in [-0.25, -0.2) is 8.42 Å². The molecule has 0 saturated carbocycles. The van der Waals surface area contributed by atoms with Crippen molar-refractivity contribution >= 4 is 27.4 Å². The van der Waals surface area contributed by atoms with E-state index in [1.54, 1.807) is 29.1 Å². The molecule has 1 N–H and O–H groups in total. The van der Waals surface area contributed by atoms with Gasteiger partial charge in [-0.05, 0) is 23.8 Å². The van der Waals surface area contributed by atoms with Gasteiger partial charge in [0.25, 0.3) is 10.0 Å². The zero-order valence-corrected chi connectivity index (χ0v) is 16.3. The minimum Gasteiger partial charge on any atom is -0.497 e. The Kier molecular flexibility index (Phi) is 5.57. The van der Waals surface area contributed by atoms with Crippen molar-refractivity contribution in [2.75, 3.05) is 18.9 Å². The number of hydrogen-bond acceptors (Lipinski definition) is 5. The van der Waals surface area contributed by atoms with E-state index in [0.717, 1.165) is 5.56 Å². The fourth-order valence-corrected chi connectivity index (χ4v) is 3.84. The molecule has 0 bridgehead atoms. The van der Waals surface area contributed by atoms with Gasteiger partial charge >= 0.3 is 0 Å². The zero-order chi connectivity index (χ0) is 19.4. The van der Waals surface area contributed by atoms with Crippen LogP contribution >= 0.6 is 11.6 Å². The third-order valence-corrected chi connectivity index (χ3v) is 5.59. The lowest BCUT2D eigenvalue weighted by Gasteiger charge is -2.11. The molecule has 0 atom stereocenters. The summed E-state index contributed by atoms with van der Waals surface area (Å²) in [6, 6.07) is 13.4. The monoisotopic (exact) mass is 407 g/mol. The molecule has 0 aliphatic heterocycles. The molecular weight excluding hydrogens is 390 g/mol. The first kappa shape index (κ1) is 19.1. The second kappa shape index (κ2) is 7.89. The first-order valence-corrected chi connectivity index (χ1v) is 9.81. The predicted octanol–water partition coefficient (Wildman–Crippen LogP) is 3.40. The number of aromatic nitrogens is 2. The second-order valence-electron chi connectivity index (χ2n) is 5.61. The van der Waals surface area contributed by atoms with Gasteiger partial charge in [0.15, 0.2) is 5.82 Å². The maximum Gasteiger partial charge on any atom is 0.266 e. The third-order valence-electron chi connectivity index (χ3n) is 3.83. The van der Waals surface area contributed by atoms with Crippen molar-refractivity contribution in [2.24, 2.45) is 0 Å². The summed E-state index contributed by atoms with van der Waals surface area (Å²) in [5.41, 5.74) is 0.883. The van der Waals surface area contributed by atoms with E-state index >= 15 is 0 Å². The van der Waals surface area contributed by atoms with Gasteiger partial charge in [0.1, 0.15) is 16.4 Å². The summed E-state index contributed by atoms with van der Waals surface area (Å²) in [6.07, 6.45) is 1.67. The molecule has 0 aliphatic rings. The molecule has 1 aromatic heterocycles. The lowest BCUT2D eigenvalue weighted by Crippen LogP contribution is -2.15. The van der Waals surface area contributed by atoms with Crippen molar-refractivity contribution in [3.8, 4) is 11.5 Å². The quantitative estimate of drug-likeness (QED) is 0.649. The Morgan fingerprint density at radius 2 is 1.89 bits per heavy atom. The highest BCUT2D eigenvalue weighted by Crippen LogP contribution is 2.29. The van der Waals surface area contributed by atoms with Crippen LogP contribution in [0, 0.1) is 0 Å². The number of halogens is 1. The fraction of sp³-hybridized carbons (Fsp3) is 0.167. The van der Waals surface area contributed by atoms with Crippen molar-refractivity contribution in [1.29, 1.82) is 0 Å².